The summed E-state index contributed by atoms with van der Waals surface area (Å²) in [7, 11) is 0. The third-order valence-corrected chi connectivity index (χ3v) is 5.31. The van der Waals surface area contributed by atoms with E-state index in [2.05, 4.69) is 33.2 Å². The van der Waals surface area contributed by atoms with Gasteiger partial charge in [-0.15, -0.1) is 24.8 Å². The van der Waals surface area contributed by atoms with Gasteiger partial charge in [0.15, 0.2) is 0 Å². The van der Waals surface area contributed by atoms with Crippen molar-refractivity contribution in [2.24, 2.45) is 11.7 Å². The van der Waals surface area contributed by atoms with Crippen molar-refractivity contribution in [2.45, 2.75) is 51.1 Å². The molecule has 3 heterocycles. The van der Waals surface area contributed by atoms with E-state index in [0.29, 0.717) is 13.2 Å². The maximum Gasteiger partial charge on any atom is 0.237 e. The molecule has 0 spiro atoms. The van der Waals surface area contributed by atoms with Crippen LogP contribution in [0.2, 0.25) is 0 Å². The molecule has 1 aromatic heterocycles. The zero-order valence-corrected chi connectivity index (χ0v) is 17.4. The highest BCUT2D eigenvalue weighted by Crippen LogP contribution is 2.20. The molecule has 2 saturated heterocycles. The van der Waals surface area contributed by atoms with Crippen LogP contribution in [0.3, 0.4) is 0 Å². The predicted octanol–water partition coefficient (Wildman–Crippen LogP) is 1.72. The fourth-order valence-electron chi connectivity index (χ4n) is 3.59. The molecule has 27 heavy (non-hydrogen) atoms. The van der Waals surface area contributed by atoms with Crippen LogP contribution in [0.4, 0.5) is 5.82 Å². The largest absolute Gasteiger partial charge is 0.381 e. The second-order valence-electron chi connectivity index (χ2n) is 6.97. The number of anilines is 1. The predicted molar refractivity (Wildman–Crippen MR) is 111 cm³/mol. The zero-order valence-electron chi connectivity index (χ0n) is 15.8. The first-order chi connectivity index (χ1) is 12.2. The second-order valence-corrected chi connectivity index (χ2v) is 6.97. The number of carbonyl (C=O) groups is 1. The van der Waals surface area contributed by atoms with Gasteiger partial charge in [0.25, 0.3) is 0 Å². The zero-order chi connectivity index (χ0) is 17.6. The molecule has 2 aliphatic rings. The number of piperidine rings is 1. The Bertz CT molecular complexity index is 579. The van der Waals surface area contributed by atoms with Gasteiger partial charge in [-0.3, -0.25) is 4.79 Å². The van der Waals surface area contributed by atoms with Crippen LogP contribution in [0, 0.1) is 5.92 Å². The van der Waals surface area contributed by atoms with Crippen molar-refractivity contribution in [2.75, 3.05) is 31.2 Å². The smallest absolute Gasteiger partial charge is 0.237 e. The SMILES string of the molecule is CCc1cc(N2CCC(NC(=O)C(N)C3CCOCC3)CC2)ncn1.Cl.Cl. The average molecular weight is 420 g/mol. The van der Waals surface area contributed by atoms with Crippen LogP contribution in [-0.2, 0) is 16.0 Å². The minimum Gasteiger partial charge on any atom is -0.381 e. The maximum absolute atomic E-state index is 12.4. The van der Waals surface area contributed by atoms with E-state index in [1.54, 1.807) is 6.33 Å². The molecule has 0 aromatic carbocycles. The molecule has 0 radical (unpaired) electrons. The highest BCUT2D eigenvalue weighted by molar-refractivity contribution is 5.85. The number of amides is 1. The Labute approximate surface area is 173 Å². The van der Waals surface area contributed by atoms with Crippen molar-refractivity contribution in [1.29, 1.82) is 0 Å². The van der Waals surface area contributed by atoms with E-state index in [1.165, 1.54) is 0 Å². The van der Waals surface area contributed by atoms with Gasteiger partial charge < -0.3 is 20.7 Å². The van der Waals surface area contributed by atoms with Crippen molar-refractivity contribution in [3.05, 3.63) is 18.1 Å². The van der Waals surface area contributed by atoms with Gasteiger partial charge in [0.05, 0.1) is 6.04 Å². The van der Waals surface area contributed by atoms with Gasteiger partial charge in [0.2, 0.25) is 5.91 Å². The van der Waals surface area contributed by atoms with Crippen molar-refractivity contribution in [3.63, 3.8) is 0 Å². The number of hydrogen-bond acceptors (Lipinski definition) is 6. The highest BCUT2D eigenvalue weighted by atomic mass is 35.5. The first-order valence-electron chi connectivity index (χ1n) is 9.37. The van der Waals surface area contributed by atoms with Gasteiger partial charge in [-0.25, -0.2) is 9.97 Å². The van der Waals surface area contributed by atoms with Crippen molar-refractivity contribution in [3.8, 4) is 0 Å². The Morgan fingerprint density at radius 2 is 1.93 bits per heavy atom. The summed E-state index contributed by atoms with van der Waals surface area (Å²) in [5, 5.41) is 3.15. The topological polar surface area (TPSA) is 93.4 Å². The number of nitrogens with one attached hydrogen (secondary N) is 1. The Hall–Kier alpha value is -1.15. The number of hydrogen-bond donors (Lipinski definition) is 2. The van der Waals surface area contributed by atoms with E-state index in [1.807, 2.05) is 0 Å². The third-order valence-electron chi connectivity index (χ3n) is 5.31. The molecule has 3 N–H and O–H groups in total. The van der Waals surface area contributed by atoms with E-state index < -0.39 is 6.04 Å². The molecule has 1 unspecified atom stereocenters. The van der Waals surface area contributed by atoms with Crippen LogP contribution in [0.25, 0.3) is 0 Å². The van der Waals surface area contributed by atoms with Gasteiger partial charge in [0.1, 0.15) is 12.1 Å². The number of nitrogens with zero attached hydrogens (tertiary/aromatic N) is 3. The number of aromatic nitrogens is 2. The lowest BCUT2D eigenvalue weighted by Gasteiger charge is -2.34. The number of carbonyl (C=O) groups excluding carboxylic acids is 1. The van der Waals surface area contributed by atoms with E-state index in [4.69, 9.17) is 10.5 Å². The fraction of sp³-hybridized carbons (Fsp3) is 0.722. The monoisotopic (exact) mass is 419 g/mol. The third kappa shape index (κ3) is 6.45. The van der Waals surface area contributed by atoms with Crippen LogP contribution >= 0.6 is 24.8 Å². The lowest BCUT2D eigenvalue weighted by Crippen LogP contribution is -2.52. The number of halogens is 2. The molecule has 2 aliphatic heterocycles. The van der Waals surface area contributed by atoms with Gasteiger partial charge in [-0.1, -0.05) is 6.92 Å². The number of ether oxygens (including phenoxy) is 1. The van der Waals surface area contributed by atoms with Crippen LogP contribution in [0.5, 0.6) is 0 Å². The summed E-state index contributed by atoms with van der Waals surface area (Å²) in [6.45, 7) is 5.29. The summed E-state index contributed by atoms with van der Waals surface area (Å²) in [5.74, 6) is 1.21. The molecule has 1 atom stereocenters. The molecule has 0 saturated carbocycles. The molecule has 0 bridgehead atoms. The quantitative estimate of drug-likeness (QED) is 0.754. The summed E-state index contributed by atoms with van der Waals surface area (Å²) in [4.78, 5) is 23.3. The molecule has 1 amide bonds. The molecule has 1 aromatic rings. The summed E-state index contributed by atoms with van der Waals surface area (Å²) < 4.78 is 5.35. The number of nitrogens with two attached hydrogens (primary N) is 1. The van der Waals surface area contributed by atoms with Gasteiger partial charge in [-0.2, -0.15) is 0 Å². The molecule has 9 heteroatoms. The van der Waals surface area contributed by atoms with E-state index >= 15 is 0 Å². The lowest BCUT2D eigenvalue weighted by molar-refractivity contribution is -0.125. The van der Waals surface area contributed by atoms with E-state index in [9.17, 15) is 4.79 Å². The van der Waals surface area contributed by atoms with Crippen LogP contribution in [-0.4, -0.2) is 54.3 Å². The molecule has 7 nitrogen and oxygen atoms in total. The Morgan fingerprint density at radius 1 is 1.26 bits per heavy atom. The van der Waals surface area contributed by atoms with E-state index in [0.717, 1.165) is 56.7 Å². The van der Waals surface area contributed by atoms with Crippen molar-refractivity contribution >= 4 is 36.5 Å². The minimum absolute atomic E-state index is 0. The summed E-state index contributed by atoms with van der Waals surface area (Å²) in [6, 6.07) is 1.83. The van der Waals surface area contributed by atoms with Crippen molar-refractivity contribution < 1.29 is 9.53 Å². The molecule has 2 fully saturated rings. The molecular formula is C18H31Cl2N5O2. The van der Waals surface area contributed by atoms with Crippen LogP contribution < -0.4 is 16.0 Å². The summed E-state index contributed by atoms with van der Waals surface area (Å²) in [6.07, 6.45) is 6.12. The van der Waals surface area contributed by atoms with Gasteiger partial charge in [-0.05, 0) is 38.0 Å². The fourth-order valence-corrected chi connectivity index (χ4v) is 3.59. The average Bonchev–Trinajstić information content (AvgIpc) is 2.68. The normalized spacial score (nSPS) is 19.6. The van der Waals surface area contributed by atoms with Crippen molar-refractivity contribution in [1.82, 2.24) is 15.3 Å². The molecular weight excluding hydrogens is 389 g/mol. The second kappa shape index (κ2) is 11.6. The first kappa shape index (κ1) is 23.9. The van der Waals surface area contributed by atoms with Gasteiger partial charge in [0, 0.05) is 44.1 Å². The highest BCUT2D eigenvalue weighted by Gasteiger charge is 2.29. The molecule has 0 aliphatic carbocycles. The standard InChI is InChI=1S/C18H29N5O2.2ClH/c1-2-14-11-16(21-12-20-14)23-7-3-15(4-8-23)22-18(24)17(19)13-5-9-25-10-6-13;;/h11-13,15,17H,2-10,19H2,1H3,(H,22,24);2*1H. The molecule has 3 rings (SSSR count). The first-order valence-corrected chi connectivity index (χ1v) is 9.37. The lowest BCUT2D eigenvalue weighted by atomic mass is 9.91. The molecule has 154 valence electrons. The summed E-state index contributed by atoms with van der Waals surface area (Å²) >= 11 is 0. The maximum atomic E-state index is 12.4. The minimum atomic E-state index is -0.420. The Morgan fingerprint density at radius 3 is 2.56 bits per heavy atom. The number of rotatable bonds is 5. The number of aryl methyl sites for hydroxylation is 1. The Balaban J connectivity index is 0.00000182. The summed E-state index contributed by atoms with van der Waals surface area (Å²) in [5.41, 5.74) is 7.22. The Kier molecular flexibility index (Phi) is 10.3. The van der Waals surface area contributed by atoms with Crippen LogP contribution in [0.15, 0.2) is 12.4 Å². The van der Waals surface area contributed by atoms with Crippen LogP contribution in [0.1, 0.15) is 38.3 Å². The van der Waals surface area contributed by atoms with E-state index in [-0.39, 0.29) is 42.7 Å². The van der Waals surface area contributed by atoms with Gasteiger partial charge >= 0.3 is 0 Å².